The van der Waals surface area contributed by atoms with Crippen molar-refractivity contribution in [3.8, 4) is 0 Å². The fourth-order valence-corrected chi connectivity index (χ4v) is 3.51. The topological polar surface area (TPSA) is 89.2 Å². The molecule has 1 aliphatic heterocycles. The Morgan fingerprint density at radius 3 is 2.42 bits per heavy atom. The maximum absolute atomic E-state index is 12.7. The van der Waals surface area contributed by atoms with Crippen LogP contribution in [0.25, 0.3) is 0 Å². The lowest BCUT2D eigenvalue weighted by Crippen LogP contribution is -2.39. The molecule has 3 rings (SSSR count). The van der Waals surface area contributed by atoms with E-state index in [0.717, 1.165) is 42.2 Å². The second-order valence-electron chi connectivity index (χ2n) is 6.83. The molecule has 2 N–H and O–H groups in total. The Balaban J connectivity index is 1.79. The first-order chi connectivity index (χ1) is 12.5. The van der Waals surface area contributed by atoms with Crippen molar-refractivity contribution in [2.75, 3.05) is 13.1 Å². The second kappa shape index (κ2) is 7.64. The van der Waals surface area contributed by atoms with Crippen molar-refractivity contribution in [3.63, 3.8) is 0 Å². The largest absolute Gasteiger partial charge is 0.369 e. The average Bonchev–Trinajstić information content (AvgIpc) is 2.64. The lowest BCUT2D eigenvalue weighted by Gasteiger charge is -2.32. The molecule has 2 aromatic rings. The van der Waals surface area contributed by atoms with Gasteiger partial charge in [0.1, 0.15) is 5.82 Å². The minimum absolute atomic E-state index is 0.0501. The van der Waals surface area contributed by atoms with Gasteiger partial charge < -0.3 is 10.6 Å². The number of benzene rings is 1. The maximum Gasteiger partial charge on any atom is 0.253 e. The number of hydrogen-bond donors (Lipinski definition) is 1. The second-order valence-corrected chi connectivity index (χ2v) is 6.83. The van der Waals surface area contributed by atoms with Crippen molar-refractivity contribution < 1.29 is 9.59 Å². The predicted molar refractivity (Wildman–Crippen MR) is 98.7 cm³/mol. The molecule has 0 bridgehead atoms. The SMILES string of the molecule is Cc1nc(C2CCCN(C(=O)c3ccccc3)C2)nc(C)c1CC(N)=O. The van der Waals surface area contributed by atoms with Gasteiger partial charge in [0.2, 0.25) is 5.91 Å². The number of likely N-dealkylation sites (tertiary alicyclic amines) is 1. The molecule has 0 aliphatic carbocycles. The van der Waals surface area contributed by atoms with Gasteiger partial charge in [0.15, 0.2) is 0 Å². The van der Waals surface area contributed by atoms with E-state index in [1.807, 2.05) is 49.1 Å². The third kappa shape index (κ3) is 3.90. The first-order valence-electron chi connectivity index (χ1n) is 8.92. The van der Waals surface area contributed by atoms with Crippen LogP contribution in [0.5, 0.6) is 0 Å². The normalized spacial score (nSPS) is 17.2. The molecule has 6 nitrogen and oxygen atoms in total. The fourth-order valence-electron chi connectivity index (χ4n) is 3.51. The molecule has 1 saturated heterocycles. The third-order valence-electron chi connectivity index (χ3n) is 4.88. The van der Waals surface area contributed by atoms with Crippen molar-refractivity contribution >= 4 is 11.8 Å². The molecular formula is C20H24N4O2. The standard InChI is InChI=1S/C20H24N4O2/c1-13-17(11-18(21)25)14(2)23-19(22-13)16-9-6-10-24(12-16)20(26)15-7-4-3-5-8-15/h3-5,7-8,16H,6,9-12H2,1-2H3,(H2,21,25). The average molecular weight is 352 g/mol. The van der Waals surface area contributed by atoms with Crippen LogP contribution in [0.2, 0.25) is 0 Å². The number of aromatic nitrogens is 2. The molecule has 0 saturated carbocycles. The van der Waals surface area contributed by atoms with Crippen LogP contribution in [0.4, 0.5) is 0 Å². The molecule has 6 heteroatoms. The molecule has 1 aliphatic rings. The number of carbonyl (C=O) groups is 2. The monoisotopic (exact) mass is 352 g/mol. The van der Waals surface area contributed by atoms with Gasteiger partial charge in [-0.1, -0.05) is 18.2 Å². The molecular weight excluding hydrogens is 328 g/mol. The Morgan fingerprint density at radius 1 is 1.15 bits per heavy atom. The highest BCUT2D eigenvalue weighted by molar-refractivity contribution is 5.94. The number of nitrogens with zero attached hydrogens (tertiary/aromatic N) is 3. The van der Waals surface area contributed by atoms with Crippen LogP contribution in [0, 0.1) is 13.8 Å². The molecule has 26 heavy (non-hydrogen) atoms. The molecule has 0 radical (unpaired) electrons. The quantitative estimate of drug-likeness (QED) is 0.913. The number of primary amides is 1. The van der Waals surface area contributed by atoms with Crippen LogP contribution < -0.4 is 5.73 Å². The van der Waals surface area contributed by atoms with Gasteiger partial charge >= 0.3 is 0 Å². The van der Waals surface area contributed by atoms with Crippen molar-refractivity contribution in [1.29, 1.82) is 0 Å². The highest BCUT2D eigenvalue weighted by Crippen LogP contribution is 2.27. The highest BCUT2D eigenvalue weighted by Gasteiger charge is 2.28. The summed E-state index contributed by atoms with van der Waals surface area (Å²) in [6.45, 7) is 5.13. The smallest absolute Gasteiger partial charge is 0.253 e. The first-order valence-corrected chi connectivity index (χ1v) is 8.92. The van der Waals surface area contributed by atoms with Crippen molar-refractivity contribution in [1.82, 2.24) is 14.9 Å². The van der Waals surface area contributed by atoms with Gasteiger partial charge in [-0.3, -0.25) is 9.59 Å². The summed E-state index contributed by atoms with van der Waals surface area (Å²) in [6, 6.07) is 9.34. The van der Waals surface area contributed by atoms with E-state index in [4.69, 9.17) is 5.73 Å². The van der Waals surface area contributed by atoms with Gasteiger partial charge in [0, 0.05) is 41.5 Å². The lowest BCUT2D eigenvalue weighted by molar-refractivity contribution is -0.117. The Hall–Kier alpha value is -2.76. The number of carbonyl (C=O) groups excluding carboxylic acids is 2. The van der Waals surface area contributed by atoms with Crippen molar-refractivity contribution in [2.45, 2.75) is 39.0 Å². The van der Waals surface area contributed by atoms with Gasteiger partial charge in [-0.2, -0.15) is 0 Å². The van der Waals surface area contributed by atoms with Gasteiger partial charge in [-0.25, -0.2) is 9.97 Å². The summed E-state index contributed by atoms with van der Waals surface area (Å²) >= 11 is 0. The summed E-state index contributed by atoms with van der Waals surface area (Å²) in [4.78, 5) is 35.1. The van der Waals surface area contributed by atoms with E-state index in [9.17, 15) is 9.59 Å². The van der Waals surface area contributed by atoms with E-state index < -0.39 is 0 Å². The minimum atomic E-state index is -0.384. The summed E-state index contributed by atoms with van der Waals surface area (Å²) < 4.78 is 0. The molecule has 1 aromatic heterocycles. The van der Waals surface area contributed by atoms with E-state index in [0.29, 0.717) is 12.1 Å². The first kappa shape index (κ1) is 18.0. The molecule has 136 valence electrons. The van der Waals surface area contributed by atoms with Gasteiger partial charge in [0.05, 0.1) is 6.42 Å². The Bertz CT molecular complexity index is 797. The van der Waals surface area contributed by atoms with Crippen LogP contribution in [-0.4, -0.2) is 39.8 Å². The molecule has 1 unspecified atom stereocenters. The summed E-state index contributed by atoms with van der Waals surface area (Å²) in [6.07, 6.45) is 2.03. The zero-order valence-electron chi connectivity index (χ0n) is 15.2. The summed E-state index contributed by atoms with van der Waals surface area (Å²) in [5.74, 6) is 0.522. The van der Waals surface area contributed by atoms with Crippen LogP contribution >= 0.6 is 0 Å². The molecule has 2 heterocycles. The highest BCUT2D eigenvalue weighted by atomic mass is 16.2. The number of amides is 2. The Kier molecular flexibility index (Phi) is 5.30. The Morgan fingerprint density at radius 2 is 1.81 bits per heavy atom. The van der Waals surface area contributed by atoms with Gasteiger partial charge in [0.25, 0.3) is 5.91 Å². The molecule has 0 spiro atoms. The zero-order valence-corrected chi connectivity index (χ0v) is 15.2. The summed E-state index contributed by atoms with van der Waals surface area (Å²) in [7, 11) is 0. The van der Waals surface area contributed by atoms with Crippen LogP contribution in [0.1, 0.15) is 51.9 Å². The zero-order chi connectivity index (χ0) is 18.7. The number of rotatable bonds is 4. The van der Waals surface area contributed by atoms with Crippen molar-refractivity contribution in [3.05, 3.63) is 58.7 Å². The predicted octanol–water partition coefficient (Wildman–Crippen LogP) is 2.14. The Labute approximate surface area is 153 Å². The van der Waals surface area contributed by atoms with E-state index in [2.05, 4.69) is 9.97 Å². The number of aryl methyl sites for hydroxylation is 2. The number of piperidine rings is 1. The summed E-state index contributed by atoms with van der Waals surface area (Å²) in [5, 5.41) is 0. The minimum Gasteiger partial charge on any atom is -0.369 e. The molecule has 2 amide bonds. The van der Waals surface area contributed by atoms with E-state index in [1.54, 1.807) is 0 Å². The fraction of sp³-hybridized carbons (Fsp3) is 0.400. The third-order valence-corrected chi connectivity index (χ3v) is 4.88. The van der Waals surface area contributed by atoms with E-state index in [-0.39, 0.29) is 24.2 Å². The molecule has 1 atom stereocenters. The van der Waals surface area contributed by atoms with Crippen LogP contribution in [0.15, 0.2) is 30.3 Å². The number of nitrogens with two attached hydrogens (primary N) is 1. The van der Waals surface area contributed by atoms with Crippen LogP contribution in [-0.2, 0) is 11.2 Å². The van der Waals surface area contributed by atoms with Gasteiger partial charge in [-0.15, -0.1) is 0 Å². The molecule has 1 aromatic carbocycles. The molecule has 1 fully saturated rings. The maximum atomic E-state index is 12.7. The lowest BCUT2D eigenvalue weighted by atomic mass is 9.95. The number of hydrogen-bond acceptors (Lipinski definition) is 4. The van der Waals surface area contributed by atoms with E-state index in [1.165, 1.54) is 0 Å². The summed E-state index contributed by atoms with van der Waals surface area (Å²) in [5.41, 5.74) is 8.40. The van der Waals surface area contributed by atoms with Crippen molar-refractivity contribution in [2.24, 2.45) is 5.73 Å². The van der Waals surface area contributed by atoms with Gasteiger partial charge in [-0.05, 0) is 38.8 Å². The van der Waals surface area contributed by atoms with Crippen LogP contribution in [0.3, 0.4) is 0 Å². The van der Waals surface area contributed by atoms with E-state index >= 15 is 0 Å².